The molecule has 10 nitrogen and oxygen atoms in total. The summed E-state index contributed by atoms with van der Waals surface area (Å²) in [5.74, 6) is -2.15. The van der Waals surface area contributed by atoms with Crippen LogP contribution in [-0.2, 0) is 30.3 Å². The Kier molecular flexibility index (Phi) is 10.7. The van der Waals surface area contributed by atoms with Crippen molar-refractivity contribution in [3.8, 4) is 5.75 Å². The molecule has 0 saturated heterocycles. The van der Waals surface area contributed by atoms with Crippen LogP contribution in [-0.4, -0.2) is 63.9 Å². The van der Waals surface area contributed by atoms with Gasteiger partial charge < -0.3 is 30.4 Å². The quantitative estimate of drug-likeness (QED) is 0.251. The minimum absolute atomic E-state index is 0.0466. The van der Waals surface area contributed by atoms with E-state index in [-0.39, 0.29) is 30.4 Å². The topological polar surface area (TPSA) is 141 Å². The average molecular weight is 617 g/mol. The fourth-order valence-electron chi connectivity index (χ4n) is 5.77. The summed E-state index contributed by atoms with van der Waals surface area (Å²) in [6, 6.07) is 11.3. The molecule has 2 aromatic carbocycles. The first-order chi connectivity index (χ1) is 21.3. The largest absolute Gasteiger partial charge is 0.508 e. The summed E-state index contributed by atoms with van der Waals surface area (Å²) < 4.78 is 5.80. The molecule has 0 aliphatic carbocycles. The molecule has 4 N–H and O–H groups in total. The summed E-state index contributed by atoms with van der Waals surface area (Å²) in [7, 11) is 1.55. The van der Waals surface area contributed by atoms with Gasteiger partial charge in [-0.05, 0) is 56.5 Å². The summed E-state index contributed by atoms with van der Waals surface area (Å²) >= 11 is 0. The van der Waals surface area contributed by atoms with E-state index in [2.05, 4.69) is 15.6 Å². The van der Waals surface area contributed by atoms with Gasteiger partial charge in [0.05, 0.1) is 12.5 Å². The lowest BCUT2D eigenvalue weighted by Crippen LogP contribution is -2.55. The maximum atomic E-state index is 14.1. The molecule has 0 fully saturated rings. The van der Waals surface area contributed by atoms with Crippen LogP contribution in [0.4, 0.5) is 0 Å². The molecule has 10 heteroatoms. The molecule has 1 unspecified atom stereocenters. The first kappa shape index (κ1) is 33.3. The lowest BCUT2D eigenvalue weighted by atomic mass is 9.96. The number of aromatic nitrogens is 1. The van der Waals surface area contributed by atoms with Gasteiger partial charge in [-0.15, -0.1) is 0 Å². The Hall–Kier alpha value is -4.60. The van der Waals surface area contributed by atoms with Gasteiger partial charge in [-0.25, -0.2) is 0 Å². The highest BCUT2D eigenvalue weighted by Gasteiger charge is 2.34. The summed E-state index contributed by atoms with van der Waals surface area (Å²) in [4.78, 5) is 58.8. The molecule has 1 aliphatic rings. The number of ether oxygens (including phenoxy) is 1. The van der Waals surface area contributed by atoms with E-state index in [4.69, 9.17) is 4.74 Å². The van der Waals surface area contributed by atoms with Crippen molar-refractivity contribution in [1.29, 1.82) is 0 Å². The van der Waals surface area contributed by atoms with E-state index in [1.54, 1.807) is 33.0 Å². The second-order valence-electron chi connectivity index (χ2n) is 12.3. The van der Waals surface area contributed by atoms with Gasteiger partial charge >= 0.3 is 5.97 Å². The van der Waals surface area contributed by atoms with Crippen LogP contribution in [0.2, 0.25) is 0 Å². The van der Waals surface area contributed by atoms with Crippen molar-refractivity contribution in [2.24, 2.45) is 11.8 Å². The van der Waals surface area contributed by atoms with E-state index in [1.165, 1.54) is 17.0 Å². The minimum Gasteiger partial charge on any atom is -0.508 e. The highest BCUT2D eigenvalue weighted by Crippen LogP contribution is 2.25. The third-order valence-electron chi connectivity index (χ3n) is 8.60. The smallest absolute Gasteiger partial charge is 0.308 e. The lowest BCUT2D eigenvalue weighted by Gasteiger charge is -2.32. The number of para-hydroxylation sites is 1. The van der Waals surface area contributed by atoms with Gasteiger partial charge in [0.2, 0.25) is 17.7 Å². The predicted molar refractivity (Wildman–Crippen MR) is 172 cm³/mol. The number of hydrogen-bond donors (Lipinski definition) is 4. The number of carbonyl (C=O) groups is 4. The zero-order valence-electron chi connectivity index (χ0n) is 26.8. The van der Waals surface area contributed by atoms with Crippen molar-refractivity contribution in [3.05, 3.63) is 77.5 Å². The van der Waals surface area contributed by atoms with Crippen molar-refractivity contribution >= 4 is 34.6 Å². The van der Waals surface area contributed by atoms with E-state index in [1.807, 2.05) is 57.3 Å². The Morgan fingerprint density at radius 3 is 2.31 bits per heavy atom. The Morgan fingerprint density at radius 1 is 0.911 bits per heavy atom. The molecule has 0 bridgehead atoms. The number of aromatic amines is 1. The Bertz CT molecular complexity index is 1560. The number of cyclic esters (lactones) is 1. The van der Waals surface area contributed by atoms with E-state index >= 15 is 0 Å². The van der Waals surface area contributed by atoms with Crippen LogP contribution >= 0.6 is 0 Å². The number of phenolic OH excluding ortho intramolecular Hbond substituents is 1. The van der Waals surface area contributed by atoms with Gasteiger partial charge in [0.1, 0.15) is 23.9 Å². The number of allylic oxidation sites excluding steroid dienone is 1. The number of esters is 1. The van der Waals surface area contributed by atoms with Gasteiger partial charge in [-0.3, -0.25) is 19.2 Å². The first-order valence-electron chi connectivity index (χ1n) is 15.4. The van der Waals surface area contributed by atoms with Crippen LogP contribution in [0.5, 0.6) is 5.75 Å². The maximum Gasteiger partial charge on any atom is 0.308 e. The molecule has 1 aromatic heterocycles. The number of aromatic hydroxyl groups is 1. The fraction of sp³-hybridized carbons (Fsp3) is 0.429. The molecule has 3 amide bonds. The van der Waals surface area contributed by atoms with Crippen LogP contribution in [0, 0.1) is 11.8 Å². The number of rotatable bonds is 3. The fourth-order valence-corrected chi connectivity index (χ4v) is 5.77. The van der Waals surface area contributed by atoms with E-state index in [0.29, 0.717) is 12.0 Å². The number of carbonyl (C=O) groups excluding carboxylic acids is 4. The number of hydrogen-bond acceptors (Lipinski definition) is 6. The summed E-state index contributed by atoms with van der Waals surface area (Å²) in [6.07, 6.45) is 3.86. The number of nitrogens with zero attached hydrogens (tertiary/aromatic N) is 1. The molecule has 240 valence electrons. The van der Waals surface area contributed by atoms with Gasteiger partial charge in [-0.2, -0.15) is 0 Å². The predicted octanol–water partition coefficient (Wildman–Crippen LogP) is 4.55. The molecule has 45 heavy (non-hydrogen) atoms. The Balaban J connectivity index is 1.73. The Labute approximate surface area is 264 Å². The molecule has 0 saturated carbocycles. The number of phenols is 1. The highest BCUT2D eigenvalue weighted by molar-refractivity contribution is 5.93. The van der Waals surface area contributed by atoms with Crippen molar-refractivity contribution in [3.63, 3.8) is 0 Å². The van der Waals surface area contributed by atoms with Crippen molar-refractivity contribution in [2.75, 3.05) is 7.05 Å². The standard InChI is InChI=1S/C35H44N4O6/c1-20-15-21(2)24(5)45-32(41)18-30(25-11-13-27(40)14-12-25)38-34(43)31(17-26-19-36-29-10-8-7-9-28(26)29)39(6)35(44)23(4)37-33(42)22(3)16-20/h7-15,19,21-24,30-31,36,40H,16-18H2,1-6H3,(H,37,42)(H,38,43)/b20-15+/t21-,22+,23+,24+,30?,31-/m1/s1. The number of benzene rings is 2. The van der Waals surface area contributed by atoms with E-state index in [0.717, 1.165) is 22.0 Å². The van der Waals surface area contributed by atoms with E-state index < -0.39 is 47.9 Å². The molecule has 2 heterocycles. The molecule has 3 aromatic rings. The lowest BCUT2D eigenvalue weighted by molar-refractivity contribution is -0.150. The van der Waals surface area contributed by atoms with Crippen LogP contribution in [0.1, 0.15) is 64.6 Å². The second kappa shape index (κ2) is 14.5. The van der Waals surface area contributed by atoms with Crippen LogP contribution in [0.25, 0.3) is 10.9 Å². The normalized spacial score (nSPS) is 27.5. The molecule has 6 atom stereocenters. The molecular formula is C35H44N4O6. The van der Waals surface area contributed by atoms with Crippen molar-refractivity contribution < 1.29 is 29.0 Å². The third-order valence-corrected chi connectivity index (χ3v) is 8.60. The van der Waals surface area contributed by atoms with Crippen LogP contribution in [0.3, 0.4) is 0 Å². The average Bonchev–Trinajstić information content (AvgIpc) is 3.41. The number of nitrogens with one attached hydrogen (secondary N) is 3. The maximum absolute atomic E-state index is 14.1. The first-order valence-corrected chi connectivity index (χ1v) is 15.4. The summed E-state index contributed by atoms with van der Waals surface area (Å²) in [6.45, 7) is 9.10. The van der Waals surface area contributed by atoms with Gasteiger partial charge in [0, 0.05) is 42.4 Å². The van der Waals surface area contributed by atoms with Crippen LogP contribution < -0.4 is 10.6 Å². The van der Waals surface area contributed by atoms with Gasteiger partial charge in [-0.1, -0.05) is 55.8 Å². The zero-order valence-corrected chi connectivity index (χ0v) is 26.8. The molecule has 0 spiro atoms. The summed E-state index contributed by atoms with van der Waals surface area (Å²) in [5.41, 5.74) is 3.30. The van der Waals surface area contributed by atoms with Crippen LogP contribution in [0.15, 0.2) is 66.4 Å². The molecule has 4 rings (SSSR count). The van der Waals surface area contributed by atoms with Gasteiger partial charge in [0.15, 0.2) is 0 Å². The van der Waals surface area contributed by atoms with E-state index in [9.17, 15) is 24.3 Å². The SMILES string of the molecule is C/C1=C\[C@@H](C)[C@H](C)OC(=O)CC(c2ccc(O)cc2)NC(=O)[C@@H](Cc2c[nH]c3ccccc23)N(C)C(=O)[C@H](C)NC(=O)[C@@H](C)C1. The Morgan fingerprint density at radius 2 is 1.60 bits per heavy atom. The number of fused-ring (bicyclic) bond motifs is 1. The van der Waals surface area contributed by atoms with Crippen molar-refractivity contribution in [1.82, 2.24) is 20.5 Å². The molecular weight excluding hydrogens is 572 g/mol. The molecule has 1 aliphatic heterocycles. The van der Waals surface area contributed by atoms with Gasteiger partial charge in [0.25, 0.3) is 0 Å². The monoisotopic (exact) mass is 616 g/mol. The minimum atomic E-state index is -0.980. The third kappa shape index (κ3) is 8.32. The second-order valence-corrected chi connectivity index (χ2v) is 12.3. The number of H-pyrrole nitrogens is 1. The number of likely N-dealkylation sites (N-methyl/N-ethyl adjacent to an activating group) is 1. The summed E-state index contributed by atoms with van der Waals surface area (Å²) in [5, 5.41) is 16.6. The number of amides is 3. The zero-order chi connectivity index (χ0) is 32.8. The van der Waals surface area contributed by atoms with Crippen molar-refractivity contribution in [2.45, 2.75) is 78.1 Å². The highest BCUT2D eigenvalue weighted by atomic mass is 16.5. The molecule has 0 radical (unpaired) electrons.